The molecular weight excluding hydrogens is 242 g/mol. The normalized spacial score (nSPS) is 14.3. The van der Waals surface area contributed by atoms with Crippen LogP contribution in [-0.2, 0) is 22.1 Å². The molecule has 0 aliphatic heterocycles. The number of carbonyl (C=O) groups is 1. The van der Waals surface area contributed by atoms with E-state index in [0.29, 0.717) is 13.0 Å². The van der Waals surface area contributed by atoms with Crippen LogP contribution in [0.25, 0.3) is 0 Å². The predicted octanol–water partition coefficient (Wildman–Crippen LogP) is 0.409. The fourth-order valence-corrected chi connectivity index (χ4v) is 1.75. The van der Waals surface area contributed by atoms with E-state index in [-0.39, 0.29) is 16.8 Å². The first-order chi connectivity index (χ1) is 7.97. The Morgan fingerprint density at radius 1 is 1.71 bits per heavy atom. The van der Waals surface area contributed by atoms with Gasteiger partial charge in [-0.2, -0.15) is 0 Å². The van der Waals surface area contributed by atoms with Gasteiger partial charge in [-0.1, -0.05) is 6.92 Å². The van der Waals surface area contributed by atoms with Crippen LogP contribution in [0.3, 0.4) is 0 Å². The van der Waals surface area contributed by atoms with Crippen molar-refractivity contribution in [1.29, 1.82) is 0 Å². The van der Waals surface area contributed by atoms with E-state index in [9.17, 15) is 9.00 Å². The molecule has 1 heterocycles. The Morgan fingerprint density at radius 2 is 2.35 bits per heavy atom. The van der Waals surface area contributed by atoms with E-state index < -0.39 is 16.8 Å². The molecule has 0 bridgehead atoms. The monoisotopic (exact) mass is 259 g/mol. The molecule has 1 aromatic rings. The van der Waals surface area contributed by atoms with Crippen LogP contribution in [0.2, 0.25) is 0 Å². The predicted molar refractivity (Wildman–Crippen MR) is 66.1 cm³/mol. The summed E-state index contributed by atoms with van der Waals surface area (Å²) in [5, 5.41) is 0.0818. The first kappa shape index (κ1) is 13.7. The molecule has 0 saturated heterocycles. The Hall–Kier alpha value is -1.37. The zero-order valence-corrected chi connectivity index (χ0v) is 11.0. The minimum Gasteiger partial charge on any atom is -0.464 e. The number of nitrogens with two attached hydrogens (primary N) is 1. The average molecular weight is 259 g/mol. The van der Waals surface area contributed by atoms with E-state index in [2.05, 4.69) is 9.72 Å². The molecule has 17 heavy (non-hydrogen) atoms. The number of ether oxygens (including phenoxy) is 1. The first-order valence-corrected chi connectivity index (χ1v) is 6.80. The minimum atomic E-state index is -0.860. The number of carbonyl (C=O) groups excluding carboxylic acids is 1. The summed E-state index contributed by atoms with van der Waals surface area (Å²) < 4.78 is 17.4. The number of esters is 1. The number of nitrogen functional groups attached to an aromatic ring is 1. The number of anilines is 1. The second kappa shape index (κ2) is 5.81. The lowest BCUT2D eigenvalue weighted by Gasteiger charge is -2.09. The third kappa shape index (κ3) is 3.29. The van der Waals surface area contributed by atoms with Gasteiger partial charge in [0.25, 0.3) is 0 Å². The second-order valence-electron chi connectivity index (χ2n) is 3.76. The molecule has 0 aliphatic carbocycles. The van der Waals surface area contributed by atoms with Crippen molar-refractivity contribution >= 4 is 22.6 Å². The molecule has 0 amide bonds. The van der Waals surface area contributed by atoms with E-state index in [4.69, 9.17) is 5.73 Å². The Morgan fingerprint density at radius 3 is 2.88 bits per heavy atom. The summed E-state index contributed by atoms with van der Waals surface area (Å²) in [6.07, 6.45) is 3.87. The Labute approximate surface area is 103 Å². The molecule has 96 valence electrons. The lowest BCUT2D eigenvalue weighted by atomic mass is 10.3. The Kier molecular flexibility index (Phi) is 4.68. The van der Waals surface area contributed by atoms with Crippen molar-refractivity contribution in [1.82, 2.24) is 9.55 Å². The topological polar surface area (TPSA) is 87.2 Å². The van der Waals surface area contributed by atoms with Crippen molar-refractivity contribution in [2.75, 3.05) is 19.1 Å². The van der Waals surface area contributed by atoms with Crippen molar-refractivity contribution in [3.05, 3.63) is 12.0 Å². The van der Waals surface area contributed by atoms with Gasteiger partial charge in [-0.3, -0.25) is 4.21 Å². The molecule has 0 spiro atoms. The largest absolute Gasteiger partial charge is 0.464 e. The molecule has 1 rings (SSSR count). The lowest BCUT2D eigenvalue weighted by molar-refractivity contribution is 0.0596. The fraction of sp³-hybridized carbons (Fsp3) is 0.600. The van der Waals surface area contributed by atoms with Gasteiger partial charge in [-0.25, -0.2) is 9.78 Å². The summed E-state index contributed by atoms with van der Waals surface area (Å²) in [5.41, 5.74) is 5.89. The molecule has 6 nitrogen and oxygen atoms in total. The summed E-state index contributed by atoms with van der Waals surface area (Å²) in [5.74, 6) is -0.265. The van der Waals surface area contributed by atoms with E-state index in [0.717, 1.165) is 0 Å². The second-order valence-corrected chi connectivity index (χ2v) is 5.56. The van der Waals surface area contributed by atoms with Gasteiger partial charge in [-0.05, 0) is 6.42 Å². The molecule has 7 heteroatoms. The summed E-state index contributed by atoms with van der Waals surface area (Å²) >= 11 is 0. The highest BCUT2D eigenvalue weighted by atomic mass is 32.2. The van der Waals surface area contributed by atoms with Gasteiger partial charge < -0.3 is 15.0 Å². The maximum Gasteiger partial charge on any atom is 0.360 e. The molecule has 0 radical (unpaired) electrons. The van der Waals surface area contributed by atoms with Crippen LogP contribution in [0.1, 0.15) is 23.8 Å². The van der Waals surface area contributed by atoms with E-state index in [1.165, 1.54) is 13.4 Å². The van der Waals surface area contributed by atoms with Crippen LogP contribution < -0.4 is 5.73 Å². The first-order valence-electron chi connectivity index (χ1n) is 5.18. The van der Waals surface area contributed by atoms with Gasteiger partial charge in [0, 0.05) is 28.9 Å². The van der Waals surface area contributed by atoms with E-state index in [1.54, 1.807) is 10.8 Å². The van der Waals surface area contributed by atoms with Gasteiger partial charge in [0.05, 0.1) is 13.4 Å². The number of rotatable bonds is 5. The molecule has 2 N–H and O–H groups in total. The average Bonchev–Trinajstić information content (AvgIpc) is 2.66. The molecule has 0 fully saturated rings. The molecule has 2 unspecified atom stereocenters. The smallest absolute Gasteiger partial charge is 0.360 e. The zero-order valence-electron chi connectivity index (χ0n) is 10.2. The quantitative estimate of drug-likeness (QED) is 0.774. The SMILES string of the molecule is COC(=O)c1ncn(CCC(C)S(C)=O)c1N. The third-order valence-electron chi connectivity index (χ3n) is 2.60. The maximum absolute atomic E-state index is 11.3. The summed E-state index contributed by atoms with van der Waals surface area (Å²) in [4.78, 5) is 15.2. The van der Waals surface area contributed by atoms with Crippen LogP contribution in [0.4, 0.5) is 5.82 Å². The highest BCUT2D eigenvalue weighted by Gasteiger charge is 2.16. The van der Waals surface area contributed by atoms with Gasteiger partial charge in [0.1, 0.15) is 5.82 Å². The molecule has 0 aromatic carbocycles. The van der Waals surface area contributed by atoms with E-state index >= 15 is 0 Å². The van der Waals surface area contributed by atoms with E-state index in [1.807, 2.05) is 6.92 Å². The van der Waals surface area contributed by atoms with Crippen LogP contribution in [0.5, 0.6) is 0 Å². The molecule has 0 aliphatic rings. The molecular formula is C10H17N3O3S. The summed E-state index contributed by atoms with van der Waals surface area (Å²) in [6, 6.07) is 0. The minimum absolute atomic E-state index is 0.0818. The summed E-state index contributed by atoms with van der Waals surface area (Å²) in [7, 11) is 0.420. The van der Waals surface area contributed by atoms with Crippen LogP contribution >= 0.6 is 0 Å². The van der Waals surface area contributed by atoms with Crippen molar-refractivity contribution in [3.8, 4) is 0 Å². The van der Waals surface area contributed by atoms with Crippen molar-refractivity contribution in [3.63, 3.8) is 0 Å². The molecule has 1 aromatic heterocycles. The van der Waals surface area contributed by atoms with Gasteiger partial charge in [-0.15, -0.1) is 0 Å². The van der Waals surface area contributed by atoms with Gasteiger partial charge >= 0.3 is 5.97 Å². The standard InChI is InChI=1S/C10H17N3O3S/c1-7(17(3)15)4-5-13-6-12-8(9(13)11)10(14)16-2/h6-7H,4-5,11H2,1-3H3. The zero-order chi connectivity index (χ0) is 13.0. The molecule has 0 saturated carbocycles. The third-order valence-corrected chi connectivity index (χ3v) is 3.97. The Balaban J connectivity index is 2.70. The molecule has 2 atom stereocenters. The van der Waals surface area contributed by atoms with Crippen LogP contribution in [0, 0.1) is 0 Å². The van der Waals surface area contributed by atoms with Crippen molar-refractivity contribution in [2.24, 2.45) is 0 Å². The Bertz CT molecular complexity index is 430. The number of aryl methyl sites for hydroxylation is 1. The fourth-order valence-electron chi connectivity index (χ4n) is 1.31. The van der Waals surface area contributed by atoms with Crippen LogP contribution in [-0.4, -0.2) is 38.3 Å². The maximum atomic E-state index is 11.3. The highest BCUT2D eigenvalue weighted by Crippen LogP contribution is 2.13. The van der Waals surface area contributed by atoms with Gasteiger partial charge in [0.15, 0.2) is 5.69 Å². The van der Waals surface area contributed by atoms with Crippen LogP contribution in [0.15, 0.2) is 6.33 Å². The number of hydrogen-bond acceptors (Lipinski definition) is 5. The highest BCUT2D eigenvalue weighted by molar-refractivity contribution is 7.84. The lowest BCUT2D eigenvalue weighted by Crippen LogP contribution is -2.14. The van der Waals surface area contributed by atoms with Gasteiger partial charge in [0.2, 0.25) is 0 Å². The number of methoxy groups -OCH3 is 1. The number of imidazole rings is 1. The number of nitrogens with zero attached hydrogens (tertiary/aromatic N) is 2. The summed E-state index contributed by atoms with van der Waals surface area (Å²) in [6.45, 7) is 2.49. The van der Waals surface area contributed by atoms with Crippen molar-refractivity contribution < 1.29 is 13.7 Å². The number of aromatic nitrogens is 2. The number of hydrogen-bond donors (Lipinski definition) is 1. The van der Waals surface area contributed by atoms with Crippen molar-refractivity contribution in [2.45, 2.75) is 25.1 Å².